The van der Waals surface area contributed by atoms with Crippen molar-refractivity contribution in [2.75, 3.05) is 12.4 Å². The lowest BCUT2D eigenvalue weighted by Crippen LogP contribution is -2.28. The Morgan fingerprint density at radius 3 is 2.86 bits per heavy atom. The first-order valence-corrected chi connectivity index (χ1v) is 7.13. The minimum absolute atomic E-state index is 0.378. The molecule has 1 heterocycles. The zero-order valence-corrected chi connectivity index (χ0v) is 13.2. The van der Waals surface area contributed by atoms with Crippen LogP contribution in [-0.4, -0.2) is 23.2 Å². The third-order valence-electron chi connectivity index (χ3n) is 3.08. The molecular formula is C16H17N3O2S. The van der Waals surface area contributed by atoms with Crippen LogP contribution < -0.4 is 10.6 Å². The summed E-state index contributed by atoms with van der Waals surface area (Å²) in [5.41, 5.74) is 3.27. The van der Waals surface area contributed by atoms with Crippen molar-refractivity contribution in [3.63, 3.8) is 0 Å². The van der Waals surface area contributed by atoms with Gasteiger partial charge in [0.25, 0.3) is 0 Å². The summed E-state index contributed by atoms with van der Waals surface area (Å²) in [5.74, 6) is -0.378. The minimum Gasteiger partial charge on any atom is -0.465 e. The molecule has 0 aliphatic heterocycles. The smallest absolute Gasteiger partial charge is 0.337 e. The molecule has 114 valence electrons. The minimum atomic E-state index is -0.378. The number of nitrogens with one attached hydrogen (secondary N) is 2. The van der Waals surface area contributed by atoms with Gasteiger partial charge in [-0.2, -0.15) is 0 Å². The number of carbonyl (C=O) groups is 1. The summed E-state index contributed by atoms with van der Waals surface area (Å²) in [6, 6.07) is 9.12. The van der Waals surface area contributed by atoms with Crippen molar-refractivity contribution in [3.8, 4) is 0 Å². The van der Waals surface area contributed by atoms with Gasteiger partial charge in [-0.05, 0) is 48.5 Å². The van der Waals surface area contributed by atoms with Gasteiger partial charge in [0, 0.05) is 24.6 Å². The summed E-state index contributed by atoms with van der Waals surface area (Å²) < 4.78 is 4.72. The highest BCUT2D eigenvalue weighted by atomic mass is 32.1. The Labute approximate surface area is 134 Å². The molecule has 22 heavy (non-hydrogen) atoms. The van der Waals surface area contributed by atoms with Crippen molar-refractivity contribution in [3.05, 3.63) is 59.4 Å². The molecule has 0 fully saturated rings. The molecule has 1 aromatic heterocycles. The molecule has 0 radical (unpaired) electrons. The van der Waals surface area contributed by atoms with Crippen molar-refractivity contribution in [2.45, 2.75) is 13.5 Å². The van der Waals surface area contributed by atoms with Crippen molar-refractivity contribution < 1.29 is 9.53 Å². The molecular weight excluding hydrogens is 298 g/mol. The molecule has 6 heteroatoms. The lowest BCUT2D eigenvalue weighted by molar-refractivity contribution is 0.0601. The monoisotopic (exact) mass is 315 g/mol. The van der Waals surface area contributed by atoms with Gasteiger partial charge in [0.05, 0.1) is 12.7 Å². The first-order valence-electron chi connectivity index (χ1n) is 6.73. The summed E-state index contributed by atoms with van der Waals surface area (Å²) in [7, 11) is 1.36. The Balaban J connectivity index is 2.00. The first-order chi connectivity index (χ1) is 10.6. The largest absolute Gasteiger partial charge is 0.465 e. The number of ether oxygens (including phenoxy) is 1. The summed E-state index contributed by atoms with van der Waals surface area (Å²) in [6.07, 6.45) is 3.50. The van der Waals surface area contributed by atoms with E-state index in [1.807, 2.05) is 25.1 Å². The molecule has 0 aliphatic carbocycles. The Bertz CT molecular complexity index is 674. The number of anilines is 1. The topological polar surface area (TPSA) is 63.2 Å². The fourth-order valence-electron chi connectivity index (χ4n) is 1.85. The van der Waals surface area contributed by atoms with Gasteiger partial charge in [-0.25, -0.2) is 4.79 Å². The van der Waals surface area contributed by atoms with E-state index in [1.54, 1.807) is 24.5 Å². The Hall–Kier alpha value is -2.47. The molecule has 2 aromatic rings. The number of esters is 1. The van der Waals surface area contributed by atoms with Crippen LogP contribution in [0, 0.1) is 6.92 Å². The highest BCUT2D eigenvalue weighted by Crippen LogP contribution is 2.17. The Kier molecular flexibility index (Phi) is 5.43. The zero-order chi connectivity index (χ0) is 15.9. The number of carbonyl (C=O) groups excluding carboxylic acids is 1. The van der Waals surface area contributed by atoms with E-state index in [0.29, 0.717) is 17.2 Å². The molecule has 0 saturated carbocycles. The number of hydrogen-bond acceptors (Lipinski definition) is 4. The van der Waals surface area contributed by atoms with Gasteiger partial charge in [0.1, 0.15) is 0 Å². The van der Waals surface area contributed by atoms with Crippen LogP contribution >= 0.6 is 12.2 Å². The normalized spacial score (nSPS) is 9.91. The van der Waals surface area contributed by atoms with Gasteiger partial charge in [-0.15, -0.1) is 0 Å². The zero-order valence-electron chi connectivity index (χ0n) is 12.4. The van der Waals surface area contributed by atoms with Crippen LogP contribution in [0.2, 0.25) is 0 Å². The SMILES string of the molecule is COC(=O)c1ccc(C)c(NC(=S)NCc2cccnc2)c1. The molecule has 0 saturated heterocycles. The van der Waals surface area contributed by atoms with Crippen molar-refractivity contribution in [1.82, 2.24) is 10.3 Å². The van der Waals surface area contributed by atoms with E-state index in [0.717, 1.165) is 16.8 Å². The van der Waals surface area contributed by atoms with E-state index < -0.39 is 0 Å². The van der Waals surface area contributed by atoms with Crippen molar-refractivity contribution >= 4 is 29.0 Å². The molecule has 0 bridgehead atoms. The maximum atomic E-state index is 11.6. The Morgan fingerprint density at radius 2 is 2.18 bits per heavy atom. The lowest BCUT2D eigenvalue weighted by atomic mass is 10.1. The third kappa shape index (κ3) is 4.26. The molecule has 2 N–H and O–H groups in total. The number of aromatic nitrogens is 1. The van der Waals surface area contributed by atoms with E-state index >= 15 is 0 Å². The van der Waals surface area contributed by atoms with E-state index in [1.165, 1.54) is 7.11 Å². The summed E-state index contributed by atoms with van der Waals surface area (Å²) in [4.78, 5) is 15.6. The molecule has 0 spiro atoms. The number of rotatable bonds is 4. The highest BCUT2D eigenvalue weighted by molar-refractivity contribution is 7.80. The predicted molar refractivity (Wildman–Crippen MR) is 89.8 cm³/mol. The number of aryl methyl sites for hydroxylation is 1. The maximum Gasteiger partial charge on any atom is 0.337 e. The number of hydrogen-bond donors (Lipinski definition) is 2. The van der Waals surface area contributed by atoms with Gasteiger partial charge < -0.3 is 15.4 Å². The standard InChI is InChI=1S/C16H17N3O2S/c1-11-5-6-13(15(20)21-2)8-14(11)19-16(22)18-10-12-4-3-7-17-9-12/h3-9H,10H2,1-2H3,(H2,18,19,22). The van der Waals surface area contributed by atoms with Crippen LogP contribution in [0.15, 0.2) is 42.7 Å². The van der Waals surface area contributed by atoms with Gasteiger partial charge in [-0.3, -0.25) is 4.98 Å². The van der Waals surface area contributed by atoms with Crippen LogP contribution in [0.5, 0.6) is 0 Å². The fourth-order valence-corrected chi connectivity index (χ4v) is 2.04. The van der Waals surface area contributed by atoms with Gasteiger partial charge in [0.2, 0.25) is 0 Å². The van der Waals surface area contributed by atoms with Crippen molar-refractivity contribution in [2.24, 2.45) is 0 Å². The van der Waals surface area contributed by atoms with Crippen LogP contribution in [-0.2, 0) is 11.3 Å². The molecule has 5 nitrogen and oxygen atoms in total. The number of methoxy groups -OCH3 is 1. The van der Waals surface area contributed by atoms with E-state index in [2.05, 4.69) is 15.6 Å². The lowest BCUT2D eigenvalue weighted by Gasteiger charge is -2.13. The number of pyridine rings is 1. The molecule has 0 amide bonds. The summed E-state index contributed by atoms with van der Waals surface area (Å²) >= 11 is 5.27. The molecule has 1 aromatic carbocycles. The Morgan fingerprint density at radius 1 is 1.36 bits per heavy atom. The number of thiocarbonyl (C=S) groups is 1. The van der Waals surface area contributed by atoms with E-state index in [4.69, 9.17) is 17.0 Å². The van der Waals surface area contributed by atoms with E-state index in [-0.39, 0.29) is 5.97 Å². The second-order valence-corrected chi connectivity index (χ2v) is 5.10. The number of benzene rings is 1. The van der Waals surface area contributed by atoms with Crippen molar-refractivity contribution in [1.29, 1.82) is 0 Å². The fraction of sp³-hybridized carbons (Fsp3) is 0.188. The van der Waals surface area contributed by atoms with Gasteiger partial charge in [-0.1, -0.05) is 12.1 Å². The second-order valence-electron chi connectivity index (χ2n) is 4.69. The predicted octanol–water partition coefficient (Wildman–Crippen LogP) is 2.66. The second kappa shape index (κ2) is 7.51. The number of nitrogens with zero attached hydrogens (tertiary/aromatic N) is 1. The van der Waals surface area contributed by atoms with Crippen LogP contribution in [0.1, 0.15) is 21.5 Å². The van der Waals surface area contributed by atoms with Crippen LogP contribution in [0.25, 0.3) is 0 Å². The summed E-state index contributed by atoms with van der Waals surface area (Å²) in [5, 5.41) is 6.67. The van der Waals surface area contributed by atoms with Gasteiger partial charge in [0.15, 0.2) is 5.11 Å². The van der Waals surface area contributed by atoms with E-state index in [9.17, 15) is 4.79 Å². The molecule has 0 atom stereocenters. The third-order valence-corrected chi connectivity index (χ3v) is 3.33. The highest BCUT2D eigenvalue weighted by Gasteiger charge is 2.09. The van der Waals surface area contributed by atoms with Crippen LogP contribution in [0.4, 0.5) is 5.69 Å². The quantitative estimate of drug-likeness (QED) is 0.668. The molecule has 0 aliphatic rings. The average Bonchev–Trinajstić information content (AvgIpc) is 2.55. The van der Waals surface area contributed by atoms with Gasteiger partial charge >= 0.3 is 5.97 Å². The molecule has 2 rings (SSSR count). The van der Waals surface area contributed by atoms with Crippen LogP contribution in [0.3, 0.4) is 0 Å². The average molecular weight is 315 g/mol. The maximum absolute atomic E-state index is 11.6. The first kappa shape index (κ1) is 15.9. The summed E-state index contributed by atoms with van der Waals surface area (Å²) in [6.45, 7) is 2.52. The molecule has 0 unspecified atom stereocenters.